The van der Waals surface area contributed by atoms with E-state index >= 15 is 0 Å². The second-order valence-electron chi connectivity index (χ2n) is 13.2. The molecule has 2 aromatic carbocycles. The van der Waals surface area contributed by atoms with Gasteiger partial charge < -0.3 is 14.0 Å². The SMILES string of the molecule is CC1CC(/C=C/C2[NH+](CS(=O)(=O)[O-])c3ccccc3C2(C)C)=C(Cl)C(=C/C=C2/N(CS(=O)(=O)[O-])c3ccccc3C2(C)C)/C1.[Na+]. The molecule has 45 heavy (non-hydrogen) atoms. The Morgan fingerprint density at radius 1 is 0.933 bits per heavy atom. The molecule has 2 heterocycles. The zero-order valence-electron chi connectivity index (χ0n) is 26.5. The molecule has 0 radical (unpaired) electrons. The monoisotopic (exact) mass is 680 g/mol. The molecular weight excluding hydrogens is 643 g/mol. The van der Waals surface area contributed by atoms with Gasteiger partial charge in [-0.15, -0.1) is 0 Å². The Hall–Kier alpha value is -1.73. The number of nitrogens with one attached hydrogen (secondary N) is 1. The molecule has 0 amide bonds. The van der Waals surface area contributed by atoms with Gasteiger partial charge in [0.05, 0.1) is 5.41 Å². The molecule has 0 aromatic heterocycles. The van der Waals surface area contributed by atoms with Crippen LogP contribution in [0.2, 0.25) is 0 Å². The van der Waals surface area contributed by atoms with Crippen molar-refractivity contribution in [3.63, 3.8) is 0 Å². The van der Waals surface area contributed by atoms with Gasteiger partial charge in [-0.3, -0.25) is 4.90 Å². The number of allylic oxidation sites excluding steroid dienone is 7. The molecule has 5 rings (SSSR count). The second-order valence-corrected chi connectivity index (χ2v) is 16.3. The molecule has 0 bridgehead atoms. The average molecular weight is 681 g/mol. The molecule has 0 saturated carbocycles. The van der Waals surface area contributed by atoms with Gasteiger partial charge in [0.2, 0.25) is 0 Å². The topological polar surface area (TPSA) is 122 Å². The molecule has 8 nitrogen and oxygen atoms in total. The standard InChI is InChI=1S/C33H39ClN2O6S2.Na/c1-22-18-23(14-16-29-32(2,3)25-10-6-8-12-27(25)35(29)20-43(37,38)39)31(34)24(19-22)15-17-30-33(4,5)26-11-7-9-13-28(26)36(30)21-44(40,41)42;/h6-17,22,29H,18-21H2,1-5H3,(H,37,38,39)(H,40,41,42);/q;+1/p-1/b16-14+,24-15+,30-17+;. The number of benzene rings is 2. The number of para-hydroxylation sites is 2. The van der Waals surface area contributed by atoms with Crippen LogP contribution in [0.1, 0.15) is 58.6 Å². The van der Waals surface area contributed by atoms with E-state index in [0.717, 1.165) is 34.4 Å². The summed E-state index contributed by atoms with van der Waals surface area (Å²) in [7, 11) is -9.06. The number of quaternary nitrogens is 1. The summed E-state index contributed by atoms with van der Waals surface area (Å²) in [6.07, 6.45) is 9.14. The van der Waals surface area contributed by atoms with Crippen molar-refractivity contribution in [2.24, 2.45) is 5.92 Å². The fourth-order valence-corrected chi connectivity index (χ4v) is 8.72. The molecule has 3 atom stereocenters. The molecule has 0 fully saturated rings. The van der Waals surface area contributed by atoms with Crippen LogP contribution < -0.4 is 39.4 Å². The number of rotatable bonds is 7. The molecule has 236 valence electrons. The molecular formula is C33H38ClN2NaO6S2. The Morgan fingerprint density at radius 2 is 1.56 bits per heavy atom. The Bertz CT molecular complexity index is 1830. The van der Waals surface area contributed by atoms with E-state index in [2.05, 4.69) is 20.8 Å². The van der Waals surface area contributed by atoms with Crippen LogP contribution >= 0.6 is 11.6 Å². The summed E-state index contributed by atoms with van der Waals surface area (Å²) in [5.41, 5.74) is 4.93. The Kier molecular flexibility index (Phi) is 10.5. The third-order valence-corrected chi connectivity index (χ3v) is 10.9. The molecule has 12 heteroatoms. The third kappa shape index (κ3) is 7.40. The summed E-state index contributed by atoms with van der Waals surface area (Å²) in [6, 6.07) is 14.8. The zero-order valence-corrected chi connectivity index (χ0v) is 30.9. The van der Waals surface area contributed by atoms with Crippen LogP contribution in [-0.2, 0) is 31.1 Å². The van der Waals surface area contributed by atoms with Gasteiger partial charge in [0.1, 0.15) is 37.8 Å². The van der Waals surface area contributed by atoms with E-state index in [1.54, 1.807) is 4.90 Å². The van der Waals surface area contributed by atoms with Crippen LogP contribution in [0.5, 0.6) is 0 Å². The molecule has 0 spiro atoms. The summed E-state index contributed by atoms with van der Waals surface area (Å²) in [5.74, 6) is -0.973. The summed E-state index contributed by atoms with van der Waals surface area (Å²) >= 11 is 7.01. The Morgan fingerprint density at radius 3 is 2.20 bits per heavy atom. The van der Waals surface area contributed by atoms with Crippen molar-refractivity contribution in [1.82, 2.24) is 0 Å². The quantitative estimate of drug-likeness (QED) is 0.351. The third-order valence-electron chi connectivity index (χ3n) is 9.17. The minimum atomic E-state index is -4.56. The van der Waals surface area contributed by atoms with E-state index < -0.39 is 42.8 Å². The van der Waals surface area contributed by atoms with Gasteiger partial charge in [0.25, 0.3) is 0 Å². The van der Waals surface area contributed by atoms with Gasteiger partial charge in [-0.05, 0) is 73.6 Å². The zero-order chi connectivity index (χ0) is 32.2. The first-order chi connectivity index (χ1) is 20.4. The fraction of sp³-hybridized carbons (Fsp3) is 0.394. The fourth-order valence-electron chi connectivity index (χ4n) is 7.13. The van der Waals surface area contributed by atoms with Crippen molar-refractivity contribution >= 4 is 43.2 Å². The number of fused-ring (bicyclic) bond motifs is 2. The van der Waals surface area contributed by atoms with Gasteiger partial charge in [-0.2, -0.15) is 0 Å². The summed E-state index contributed by atoms with van der Waals surface area (Å²) in [5, 5.41) is 0.582. The molecule has 1 N–H and O–H groups in total. The van der Waals surface area contributed by atoms with Gasteiger partial charge in [0, 0.05) is 27.4 Å². The maximum atomic E-state index is 11.9. The van der Waals surface area contributed by atoms with Gasteiger partial charge in [-0.1, -0.05) is 80.9 Å². The van der Waals surface area contributed by atoms with Crippen molar-refractivity contribution in [1.29, 1.82) is 0 Å². The van der Waals surface area contributed by atoms with Crippen molar-refractivity contribution in [2.75, 3.05) is 16.7 Å². The summed E-state index contributed by atoms with van der Waals surface area (Å²) in [4.78, 5) is 2.16. The smallest absolute Gasteiger partial charge is 0.747 e. The first kappa shape index (κ1) is 36.1. The van der Waals surface area contributed by atoms with Crippen LogP contribution in [0.3, 0.4) is 0 Å². The number of hydrogen-bond donors (Lipinski definition) is 1. The van der Waals surface area contributed by atoms with Crippen molar-refractivity contribution in [3.05, 3.63) is 106 Å². The number of halogens is 1. The molecule has 1 aliphatic carbocycles. The van der Waals surface area contributed by atoms with Gasteiger partial charge in [0.15, 0.2) is 5.88 Å². The molecule has 2 aromatic rings. The number of nitrogens with zero attached hydrogens (tertiary/aromatic N) is 1. The maximum Gasteiger partial charge on any atom is 1.00 e. The molecule has 0 saturated heterocycles. The molecule has 3 unspecified atom stereocenters. The van der Waals surface area contributed by atoms with Crippen molar-refractivity contribution in [3.8, 4) is 0 Å². The average Bonchev–Trinajstić information content (AvgIpc) is 3.25. The predicted octanol–water partition coefficient (Wildman–Crippen LogP) is 1.96. The van der Waals surface area contributed by atoms with E-state index in [9.17, 15) is 25.9 Å². The van der Waals surface area contributed by atoms with Crippen LogP contribution in [0, 0.1) is 5.92 Å². The Balaban J connectivity index is 0.00000461. The van der Waals surface area contributed by atoms with E-state index in [-0.39, 0.29) is 41.5 Å². The minimum Gasteiger partial charge on any atom is -0.747 e. The van der Waals surface area contributed by atoms with Gasteiger partial charge >= 0.3 is 29.6 Å². The van der Waals surface area contributed by atoms with Crippen LogP contribution in [0.15, 0.2) is 94.7 Å². The minimum absolute atomic E-state index is 0. The second kappa shape index (κ2) is 13.1. The van der Waals surface area contributed by atoms with Crippen LogP contribution in [0.25, 0.3) is 0 Å². The van der Waals surface area contributed by atoms with Crippen molar-refractivity contribution < 1.29 is 60.4 Å². The van der Waals surface area contributed by atoms with E-state index in [0.29, 0.717) is 27.7 Å². The summed E-state index contributed by atoms with van der Waals surface area (Å²) in [6.45, 7) is 10.2. The van der Waals surface area contributed by atoms with Crippen molar-refractivity contribution in [2.45, 2.75) is 64.3 Å². The normalized spacial score (nSPS) is 26.0. The van der Waals surface area contributed by atoms with Crippen LogP contribution in [-0.4, -0.2) is 43.7 Å². The maximum absolute atomic E-state index is 11.9. The van der Waals surface area contributed by atoms with Gasteiger partial charge in [-0.25, -0.2) is 16.8 Å². The van der Waals surface area contributed by atoms with Crippen LogP contribution in [0.4, 0.5) is 11.4 Å². The Labute approximate surface area is 294 Å². The molecule has 2 aliphatic heterocycles. The molecule has 3 aliphatic rings. The number of anilines is 1. The van der Waals surface area contributed by atoms with E-state index in [1.165, 1.54) is 0 Å². The first-order valence-electron chi connectivity index (χ1n) is 14.6. The largest absolute Gasteiger partial charge is 1.00 e. The van der Waals surface area contributed by atoms with E-state index in [1.807, 2.05) is 86.7 Å². The van der Waals surface area contributed by atoms with E-state index in [4.69, 9.17) is 11.6 Å². The summed E-state index contributed by atoms with van der Waals surface area (Å²) < 4.78 is 71.3. The predicted molar refractivity (Wildman–Crippen MR) is 172 cm³/mol. The number of hydrogen-bond acceptors (Lipinski definition) is 7. The first-order valence-corrected chi connectivity index (χ1v) is 18.1.